The van der Waals surface area contributed by atoms with Gasteiger partial charge in [-0.15, -0.1) is 15.0 Å². The Labute approximate surface area is 188 Å². The summed E-state index contributed by atoms with van der Waals surface area (Å²) in [5, 5.41) is 20.9. The minimum atomic E-state index is -1.35. The topological polar surface area (TPSA) is 80.1 Å². The molecule has 0 N–H and O–H groups in total. The van der Waals surface area contributed by atoms with Gasteiger partial charge in [-0.2, -0.15) is 0 Å². The van der Waals surface area contributed by atoms with E-state index in [2.05, 4.69) is 10.2 Å². The standard InChI is InChI=1S/C20H14ClN3O3.Na/c21-14-10-11-18(27-19(20(25)26)13-6-2-1-3-7-13)17(12-14)24-22-15-8-4-5-9-16(15)23-24;/h1-12,19H,(H,25,26);/q;+1/p-1. The zero-order valence-electron chi connectivity index (χ0n) is 14.9. The van der Waals surface area contributed by atoms with Gasteiger partial charge in [-0.25, -0.2) is 0 Å². The predicted molar refractivity (Wildman–Crippen MR) is 98.7 cm³/mol. The summed E-state index contributed by atoms with van der Waals surface area (Å²) >= 11 is 6.13. The maximum atomic E-state index is 11.7. The van der Waals surface area contributed by atoms with E-state index in [1.165, 1.54) is 4.80 Å². The summed E-state index contributed by atoms with van der Waals surface area (Å²) in [6.07, 6.45) is -1.28. The SMILES string of the molecule is O=C([O-])C(Oc1ccc(Cl)cc1-n1nc2ccccc2n1)c1ccccc1.[Na+]. The summed E-state index contributed by atoms with van der Waals surface area (Å²) < 4.78 is 5.78. The average molecular weight is 402 g/mol. The van der Waals surface area contributed by atoms with Crippen LogP contribution in [0.2, 0.25) is 5.02 Å². The maximum Gasteiger partial charge on any atom is 1.00 e. The first-order valence-corrected chi connectivity index (χ1v) is 8.54. The first-order chi connectivity index (χ1) is 13.1. The smallest absolute Gasteiger partial charge is 0.546 e. The minimum Gasteiger partial charge on any atom is -0.546 e. The van der Waals surface area contributed by atoms with E-state index in [0.717, 1.165) is 0 Å². The molecule has 134 valence electrons. The van der Waals surface area contributed by atoms with Gasteiger partial charge >= 0.3 is 29.6 Å². The van der Waals surface area contributed by atoms with Crippen LogP contribution in [0.5, 0.6) is 5.75 Å². The van der Waals surface area contributed by atoms with Crippen LogP contribution in [0.3, 0.4) is 0 Å². The quantitative estimate of drug-likeness (QED) is 0.438. The van der Waals surface area contributed by atoms with Gasteiger partial charge in [0.25, 0.3) is 0 Å². The van der Waals surface area contributed by atoms with Crippen molar-refractivity contribution in [3.8, 4) is 11.4 Å². The molecule has 0 fully saturated rings. The number of carboxylic acid groups (broad SMARTS) is 1. The largest absolute Gasteiger partial charge is 1.00 e. The summed E-state index contributed by atoms with van der Waals surface area (Å²) in [5.41, 5.74) is 2.30. The zero-order chi connectivity index (χ0) is 18.8. The second kappa shape index (κ2) is 8.75. The Morgan fingerprint density at radius 1 is 0.964 bits per heavy atom. The number of carbonyl (C=O) groups is 1. The van der Waals surface area contributed by atoms with Crippen LogP contribution in [-0.4, -0.2) is 21.0 Å². The molecule has 0 radical (unpaired) electrons. The first-order valence-electron chi connectivity index (χ1n) is 8.16. The Morgan fingerprint density at radius 2 is 1.57 bits per heavy atom. The summed E-state index contributed by atoms with van der Waals surface area (Å²) in [7, 11) is 0. The van der Waals surface area contributed by atoms with Crippen LogP contribution in [0.25, 0.3) is 16.7 Å². The van der Waals surface area contributed by atoms with Gasteiger partial charge in [0.15, 0.2) is 6.10 Å². The molecule has 0 spiro atoms. The molecule has 0 aliphatic heterocycles. The van der Waals surface area contributed by atoms with E-state index >= 15 is 0 Å². The Kier molecular flexibility index (Phi) is 6.36. The van der Waals surface area contributed by atoms with Crippen LogP contribution in [0.4, 0.5) is 0 Å². The van der Waals surface area contributed by atoms with Crippen molar-refractivity contribution in [1.29, 1.82) is 0 Å². The zero-order valence-corrected chi connectivity index (χ0v) is 17.7. The number of halogens is 1. The number of benzene rings is 3. The number of aromatic nitrogens is 3. The van der Waals surface area contributed by atoms with E-state index in [0.29, 0.717) is 27.3 Å². The minimum absolute atomic E-state index is 0. The number of hydrogen-bond donors (Lipinski definition) is 0. The number of fused-ring (bicyclic) bond motifs is 1. The molecule has 4 rings (SSSR count). The van der Waals surface area contributed by atoms with Crippen molar-refractivity contribution in [1.82, 2.24) is 15.0 Å². The van der Waals surface area contributed by atoms with E-state index in [1.54, 1.807) is 48.5 Å². The van der Waals surface area contributed by atoms with E-state index in [9.17, 15) is 9.90 Å². The van der Waals surface area contributed by atoms with Gasteiger partial charge < -0.3 is 14.6 Å². The fraction of sp³-hybridized carbons (Fsp3) is 0.0500. The van der Waals surface area contributed by atoms with Gasteiger partial charge in [0, 0.05) is 5.02 Å². The van der Waals surface area contributed by atoms with Gasteiger partial charge in [0.2, 0.25) is 0 Å². The molecule has 0 aliphatic rings. The molecule has 4 aromatic rings. The van der Waals surface area contributed by atoms with Gasteiger partial charge in [-0.1, -0.05) is 54.1 Å². The number of ether oxygens (including phenoxy) is 1. The number of carboxylic acids is 1. The third-order valence-electron chi connectivity index (χ3n) is 3.98. The van der Waals surface area contributed by atoms with Gasteiger partial charge in [0.1, 0.15) is 22.5 Å². The fourth-order valence-electron chi connectivity index (χ4n) is 2.72. The van der Waals surface area contributed by atoms with Crippen LogP contribution in [0, 0.1) is 0 Å². The molecular weight excluding hydrogens is 389 g/mol. The Morgan fingerprint density at radius 3 is 2.18 bits per heavy atom. The van der Waals surface area contributed by atoms with E-state index in [1.807, 2.05) is 24.3 Å². The molecule has 0 saturated carbocycles. The van der Waals surface area contributed by atoms with Crippen molar-refractivity contribution in [2.45, 2.75) is 6.10 Å². The van der Waals surface area contributed by atoms with Crippen molar-refractivity contribution in [3.05, 3.63) is 83.4 Å². The van der Waals surface area contributed by atoms with Crippen molar-refractivity contribution in [3.63, 3.8) is 0 Å². The third kappa shape index (κ3) is 4.20. The van der Waals surface area contributed by atoms with E-state index in [-0.39, 0.29) is 35.3 Å². The second-order valence-corrected chi connectivity index (χ2v) is 6.25. The molecule has 6 nitrogen and oxygen atoms in total. The number of hydrogen-bond acceptors (Lipinski definition) is 5. The molecular formula is C20H13ClN3NaO3. The molecule has 28 heavy (non-hydrogen) atoms. The van der Waals surface area contributed by atoms with Gasteiger partial charge in [0.05, 0.1) is 5.97 Å². The summed E-state index contributed by atoms with van der Waals surface area (Å²) in [4.78, 5) is 13.0. The van der Waals surface area contributed by atoms with Crippen molar-refractivity contribution in [2.24, 2.45) is 0 Å². The monoisotopic (exact) mass is 401 g/mol. The summed E-state index contributed by atoms with van der Waals surface area (Å²) in [6, 6.07) is 20.8. The maximum absolute atomic E-state index is 11.7. The molecule has 1 unspecified atom stereocenters. The van der Waals surface area contributed by atoms with Gasteiger partial charge in [-0.3, -0.25) is 0 Å². The molecule has 3 aromatic carbocycles. The number of carbonyl (C=O) groups excluding carboxylic acids is 1. The van der Waals surface area contributed by atoms with Crippen molar-refractivity contribution >= 4 is 28.6 Å². The summed E-state index contributed by atoms with van der Waals surface area (Å²) in [5.74, 6) is -1.07. The van der Waals surface area contributed by atoms with E-state index < -0.39 is 12.1 Å². The third-order valence-corrected chi connectivity index (χ3v) is 4.22. The molecule has 1 heterocycles. The molecule has 0 amide bonds. The normalized spacial score (nSPS) is 11.6. The Balaban J connectivity index is 0.00000225. The fourth-order valence-corrected chi connectivity index (χ4v) is 2.89. The predicted octanol–water partition coefficient (Wildman–Crippen LogP) is -0.0521. The van der Waals surface area contributed by atoms with Crippen LogP contribution < -0.4 is 39.4 Å². The van der Waals surface area contributed by atoms with Gasteiger partial charge in [-0.05, 0) is 35.9 Å². The molecule has 8 heteroatoms. The van der Waals surface area contributed by atoms with Crippen LogP contribution in [-0.2, 0) is 4.79 Å². The second-order valence-electron chi connectivity index (χ2n) is 5.82. The molecule has 0 bridgehead atoms. The average Bonchev–Trinajstić information content (AvgIpc) is 3.11. The Hall–Kier alpha value is -2.38. The van der Waals surface area contributed by atoms with Crippen molar-refractivity contribution < 1.29 is 44.2 Å². The van der Waals surface area contributed by atoms with Crippen LogP contribution >= 0.6 is 11.6 Å². The van der Waals surface area contributed by atoms with Crippen LogP contribution in [0.1, 0.15) is 11.7 Å². The van der Waals surface area contributed by atoms with Crippen molar-refractivity contribution in [2.75, 3.05) is 0 Å². The molecule has 0 aliphatic carbocycles. The molecule has 1 aromatic heterocycles. The molecule has 0 saturated heterocycles. The van der Waals surface area contributed by atoms with E-state index in [4.69, 9.17) is 16.3 Å². The first kappa shape index (κ1) is 20.4. The Bertz CT molecular complexity index is 1090. The number of nitrogens with zero attached hydrogens (tertiary/aromatic N) is 3. The summed E-state index contributed by atoms with van der Waals surface area (Å²) in [6.45, 7) is 0. The number of aliphatic carboxylic acids is 1. The molecule has 1 atom stereocenters. The van der Waals surface area contributed by atoms with Crippen LogP contribution in [0.15, 0.2) is 72.8 Å². The number of rotatable bonds is 5.